The fourth-order valence-electron chi connectivity index (χ4n) is 5.91. The van der Waals surface area contributed by atoms with E-state index in [0.29, 0.717) is 6.42 Å². The van der Waals surface area contributed by atoms with E-state index in [1.54, 1.807) is 24.3 Å². The summed E-state index contributed by atoms with van der Waals surface area (Å²) >= 11 is 0. The molecule has 0 N–H and O–H groups in total. The van der Waals surface area contributed by atoms with E-state index in [4.69, 9.17) is 9.90 Å². The molecule has 178 valence electrons. The molecule has 38 heavy (non-hydrogen) atoms. The first-order valence-electron chi connectivity index (χ1n) is 14.8. The molecule has 0 bridgehead atoms. The Labute approximate surface area is 226 Å². The molecule has 8 rings (SSSR count). The summed E-state index contributed by atoms with van der Waals surface area (Å²) in [5, 5.41) is 7.86. The maximum atomic E-state index is 8.57. The molecule has 0 aliphatic carbocycles. The lowest BCUT2D eigenvalue weighted by atomic mass is 9.86. The first kappa shape index (κ1) is 17.6. The van der Waals surface area contributed by atoms with Crippen LogP contribution in [0.25, 0.3) is 65.4 Å². The minimum Gasteiger partial charge on any atom is -0.456 e. The molecule has 1 aromatic heterocycles. The van der Waals surface area contributed by atoms with Crippen LogP contribution in [0, 0.1) is 0 Å². The third-order valence-electron chi connectivity index (χ3n) is 7.66. The fraction of sp³-hybridized carbons (Fsp3) is 0.0270. The third kappa shape index (κ3) is 3.26. The van der Waals surface area contributed by atoms with Gasteiger partial charge >= 0.3 is 0 Å². The molecule has 1 heterocycles. The standard InChI is InChI=1S/C37H24O/c1-2-10-26-21-24(17-18-25(26)9-1)22-33-28-11-3-5-14-31(28)37(32-15-6-4-12-29(32)33)27-19-20-36-34(23-27)30-13-7-8-16-35(30)38-36/h1-21,23H,22H2/i3D,4D,5D,6D. The molecule has 0 unspecified atom stereocenters. The van der Waals surface area contributed by atoms with Crippen LogP contribution >= 0.6 is 0 Å². The van der Waals surface area contributed by atoms with Crippen LogP contribution in [-0.4, -0.2) is 0 Å². The average Bonchev–Trinajstić information content (AvgIpc) is 3.37. The number of rotatable bonds is 3. The molecule has 0 radical (unpaired) electrons. The van der Waals surface area contributed by atoms with Crippen LogP contribution in [0.2, 0.25) is 0 Å². The lowest BCUT2D eigenvalue weighted by Crippen LogP contribution is -1.95. The van der Waals surface area contributed by atoms with Crippen molar-refractivity contribution in [2.24, 2.45) is 0 Å². The summed E-state index contributed by atoms with van der Waals surface area (Å²) in [6.07, 6.45) is 0.594. The Morgan fingerprint density at radius 1 is 0.500 bits per heavy atom. The summed E-state index contributed by atoms with van der Waals surface area (Å²) < 4.78 is 40.3. The SMILES string of the molecule is [2H]c1cc2c(Cc3ccc4ccccc4c3)c3cc([2H])c([2H])cc3c(-c3ccc4oc5ccccc5c4c3)c2cc1[2H]. The van der Waals surface area contributed by atoms with Gasteiger partial charge in [-0.1, -0.05) is 115 Å². The molecule has 1 heteroatoms. The van der Waals surface area contributed by atoms with E-state index >= 15 is 0 Å². The fourth-order valence-corrected chi connectivity index (χ4v) is 5.91. The highest BCUT2D eigenvalue weighted by molar-refractivity contribution is 6.16. The summed E-state index contributed by atoms with van der Waals surface area (Å²) in [6.45, 7) is 0. The van der Waals surface area contributed by atoms with Crippen molar-refractivity contribution < 1.29 is 9.90 Å². The van der Waals surface area contributed by atoms with Gasteiger partial charge in [0.15, 0.2) is 0 Å². The van der Waals surface area contributed by atoms with Gasteiger partial charge in [0.2, 0.25) is 0 Å². The largest absolute Gasteiger partial charge is 0.456 e. The normalized spacial score (nSPS) is 13.3. The van der Waals surface area contributed by atoms with Crippen molar-refractivity contribution >= 4 is 54.3 Å². The summed E-state index contributed by atoms with van der Waals surface area (Å²) in [5.41, 5.74) is 5.58. The third-order valence-corrected chi connectivity index (χ3v) is 7.66. The topological polar surface area (TPSA) is 13.1 Å². The summed E-state index contributed by atoms with van der Waals surface area (Å²) in [5.74, 6) is 0. The maximum absolute atomic E-state index is 8.57. The predicted octanol–water partition coefficient (Wildman–Crippen LogP) is 10.3. The molecule has 0 aliphatic heterocycles. The van der Waals surface area contributed by atoms with Crippen molar-refractivity contribution in [3.63, 3.8) is 0 Å². The van der Waals surface area contributed by atoms with E-state index in [-0.39, 0.29) is 24.2 Å². The number of hydrogen-bond donors (Lipinski definition) is 0. The molecule has 0 atom stereocenters. The smallest absolute Gasteiger partial charge is 0.135 e. The Hall–Kier alpha value is -4.88. The van der Waals surface area contributed by atoms with Crippen LogP contribution in [0.15, 0.2) is 138 Å². The van der Waals surface area contributed by atoms with Crippen molar-refractivity contribution in [1.29, 1.82) is 0 Å². The van der Waals surface area contributed by atoms with E-state index in [1.807, 2.05) is 42.5 Å². The lowest BCUT2D eigenvalue weighted by Gasteiger charge is -2.18. The molecule has 0 aliphatic rings. The molecule has 0 spiro atoms. The van der Waals surface area contributed by atoms with Crippen LogP contribution in [-0.2, 0) is 6.42 Å². The summed E-state index contributed by atoms with van der Waals surface area (Å²) in [4.78, 5) is 0. The Bertz CT molecular complexity index is 2320. The van der Waals surface area contributed by atoms with Crippen LogP contribution in [0.4, 0.5) is 0 Å². The predicted molar refractivity (Wildman–Crippen MR) is 161 cm³/mol. The van der Waals surface area contributed by atoms with Gasteiger partial charge in [-0.05, 0) is 79.2 Å². The zero-order chi connectivity index (χ0) is 28.5. The summed E-state index contributed by atoms with van der Waals surface area (Å²) in [6, 6.07) is 36.6. The van der Waals surface area contributed by atoms with Crippen molar-refractivity contribution in [3.05, 3.63) is 144 Å². The van der Waals surface area contributed by atoms with Gasteiger partial charge in [0.1, 0.15) is 11.2 Å². The Morgan fingerprint density at radius 3 is 1.95 bits per heavy atom. The Balaban J connectivity index is 1.46. The van der Waals surface area contributed by atoms with Crippen molar-refractivity contribution in [2.45, 2.75) is 6.42 Å². The molecule has 1 nitrogen and oxygen atoms in total. The second-order valence-corrected chi connectivity index (χ2v) is 9.83. The number of fused-ring (bicyclic) bond motifs is 6. The molecule has 7 aromatic carbocycles. The van der Waals surface area contributed by atoms with Crippen LogP contribution in [0.1, 0.15) is 16.6 Å². The molecule has 8 aromatic rings. The molecular weight excluding hydrogens is 460 g/mol. The highest BCUT2D eigenvalue weighted by Crippen LogP contribution is 2.42. The Kier molecular flexibility index (Phi) is 3.85. The van der Waals surface area contributed by atoms with E-state index in [0.717, 1.165) is 71.1 Å². The Morgan fingerprint density at radius 2 is 1.16 bits per heavy atom. The highest BCUT2D eigenvalue weighted by Gasteiger charge is 2.17. The zero-order valence-corrected chi connectivity index (χ0v) is 20.5. The van der Waals surface area contributed by atoms with Crippen molar-refractivity contribution in [3.8, 4) is 11.1 Å². The number of furan rings is 1. The number of benzene rings is 7. The van der Waals surface area contributed by atoms with Gasteiger partial charge in [-0.3, -0.25) is 0 Å². The van der Waals surface area contributed by atoms with E-state index < -0.39 is 0 Å². The molecular formula is C37H24O. The highest BCUT2D eigenvalue weighted by atomic mass is 16.3. The van der Waals surface area contributed by atoms with Gasteiger partial charge in [0, 0.05) is 10.8 Å². The van der Waals surface area contributed by atoms with Gasteiger partial charge in [0.25, 0.3) is 0 Å². The number of hydrogen-bond acceptors (Lipinski definition) is 1. The second kappa shape index (κ2) is 8.33. The van der Waals surface area contributed by atoms with E-state index in [9.17, 15) is 0 Å². The first-order chi connectivity index (χ1) is 20.4. The van der Waals surface area contributed by atoms with Crippen LogP contribution in [0.3, 0.4) is 0 Å². The van der Waals surface area contributed by atoms with Gasteiger partial charge in [-0.2, -0.15) is 0 Å². The zero-order valence-electron chi connectivity index (χ0n) is 24.5. The van der Waals surface area contributed by atoms with Gasteiger partial charge in [-0.25, -0.2) is 0 Å². The number of para-hydroxylation sites is 1. The second-order valence-electron chi connectivity index (χ2n) is 9.83. The van der Waals surface area contributed by atoms with Gasteiger partial charge in [0.05, 0.1) is 5.48 Å². The van der Waals surface area contributed by atoms with Crippen molar-refractivity contribution in [1.82, 2.24) is 0 Å². The minimum absolute atomic E-state index is 0.151. The first-order valence-corrected chi connectivity index (χ1v) is 12.8. The van der Waals surface area contributed by atoms with E-state index in [1.165, 1.54) is 5.39 Å². The minimum atomic E-state index is 0.151. The molecule has 0 saturated carbocycles. The molecule has 0 saturated heterocycles. The quantitative estimate of drug-likeness (QED) is 0.225. The monoisotopic (exact) mass is 488 g/mol. The molecule has 0 amide bonds. The van der Waals surface area contributed by atoms with Crippen LogP contribution < -0.4 is 0 Å². The van der Waals surface area contributed by atoms with Gasteiger partial charge in [-0.15, -0.1) is 0 Å². The van der Waals surface area contributed by atoms with Crippen LogP contribution in [0.5, 0.6) is 0 Å². The lowest BCUT2D eigenvalue weighted by molar-refractivity contribution is 0.669. The maximum Gasteiger partial charge on any atom is 0.135 e. The van der Waals surface area contributed by atoms with Gasteiger partial charge < -0.3 is 4.42 Å². The average molecular weight is 489 g/mol. The molecule has 0 fully saturated rings. The van der Waals surface area contributed by atoms with E-state index in [2.05, 4.69) is 42.5 Å². The van der Waals surface area contributed by atoms with Crippen molar-refractivity contribution in [2.75, 3.05) is 0 Å². The summed E-state index contributed by atoms with van der Waals surface area (Å²) in [7, 11) is 0.